The van der Waals surface area contributed by atoms with Crippen LogP contribution in [0, 0.1) is 13.8 Å². The summed E-state index contributed by atoms with van der Waals surface area (Å²) in [5, 5.41) is 3.60. The first-order chi connectivity index (χ1) is 14.5. The summed E-state index contributed by atoms with van der Waals surface area (Å²) in [5.74, 6) is 5.77. The fraction of sp³-hybridized carbons (Fsp3) is 0.227. The Morgan fingerprint density at radius 1 is 1.27 bits per heavy atom. The summed E-state index contributed by atoms with van der Waals surface area (Å²) in [6, 6.07) is 13.6. The number of hydrogen-bond donors (Lipinski definition) is 3. The fourth-order valence-corrected chi connectivity index (χ4v) is 3.44. The second-order valence-corrected chi connectivity index (χ2v) is 6.92. The zero-order chi connectivity index (χ0) is 21.5. The first kappa shape index (κ1) is 21.1. The lowest BCUT2D eigenvalue weighted by Crippen LogP contribution is -2.38. The van der Waals surface area contributed by atoms with Crippen LogP contribution in [0.4, 0.5) is 10.5 Å². The summed E-state index contributed by atoms with van der Waals surface area (Å²) >= 11 is 0. The summed E-state index contributed by atoms with van der Waals surface area (Å²) in [5.41, 5.74) is 10.3. The number of anilines is 1. The second kappa shape index (κ2) is 9.71. The monoisotopic (exact) mass is 406 g/mol. The number of nitrogens with two attached hydrogens (primary N) is 1. The van der Waals surface area contributed by atoms with Gasteiger partial charge in [0.25, 0.3) is 0 Å². The van der Waals surface area contributed by atoms with Gasteiger partial charge in [-0.1, -0.05) is 48.0 Å². The molecular weight excluding hydrogens is 380 g/mol. The number of nitrogens with zero attached hydrogens (tertiary/aromatic N) is 3. The molecule has 2 aromatic rings. The molecule has 0 aromatic heterocycles. The van der Waals surface area contributed by atoms with E-state index in [0.29, 0.717) is 18.7 Å². The fourth-order valence-electron chi connectivity index (χ4n) is 3.44. The van der Waals surface area contributed by atoms with E-state index in [2.05, 4.69) is 27.7 Å². The molecule has 3 rings (SSSR count). The highest BCUT2D eigenvalue weighted by Gasteiger charge is 2.26. The first-order valence-corrected chi connectivity index (χ1v) is 9.60. The quantitative estimate of drug-likeness (QED) is 0.313. The van der Waals surface area contributed by atoms with Crippen molar-refractivity contribution in [3.63, 3.8) is 0 Å². The Bertz CT molecular complexity index is 985. The van der Waals surface area contributed by atoms with Gasteiger partial charge in [0.2, 0.25) is 5.96 Å². The molecule has 8 nitrogen and oxygen atoms in total. The van der Waals surface area contributed by atoms with Crippen molar-refractivity contribution in [1.29, 1.82) is 0 Å². The maximum atomic E-state index is 13.0. The molecule has 0 bridgehead atoms. The number of aliphatic imine (C=N–C) groups is 1. The zero-order valence-electron chi connectivity index (χ0n) is 17.2. The number of carbonyl (C=O) groups is 1. The van der Waals surface area contributed by atoms with Gasteiger partial charge in [-0.15, -0.1) is 0 Å². The van der Waals surface area contributed by atoms with Gasteiger partial charge in [0.05, 0.1) is 11.4 Å². The number of hydrazine groups is 1. The summed E-state index contributed by atoms with van der Waals surface area (Å²) in [6.45, 7) is 8.05. The third kappa shape index (κ3) is 4.84. The van der Waals surface area contributed by atoms with Gasteiger partial charge in [-0.05, 0) is 37.5 Å². The molecule has 0 fully saturated rings. The lowest BCUT2D eigenvalue weighted by atomic mass is 10.0. The molecule has 8 heteroatoms. The minimum Gasteiger partial charge on any atom is -0.444 e. The smallest absolute Gasteiger partial charge is 0.414 e. The second-order valence-electron chi connectivity index (χ2n) is 6.92. The maximum absolute atomic E-state index is 13.0. The Hall–Kier alpha value is -3.65. The van der Waals surface area contributed by atoms with E-state index in [1.165, 1.54) is 0 Å². The van der Waals surface area contributed by atoms with Gasteiger partial charge in [-0.25, -0.2) is 21.1 Å². The van der Waals surface area contributed by atoms with Crippen molar-refractivity contribution in [1.82, 2.24) is 10.9 Å². The molecule has 4 N–H and O–H groups in total. The number of carbonyl (C=O) groups excluding carboxylic acids is 1. The van der Waals surface area contributed by atoms with E-state index in [9.17, 15) is 4.79 Å². The van der Waals surface area contributed by atoms with Crippen LogP contribution < -0.4 is 21.6 Å². The van der Waals surface area contributed by atoms with E-state index < -0.39 is 6.09 Å². The normalized spacial score (nSPS) is 13.6. The van der Waals surface area contributed by atoms with E-state index in [-0.39, 0.29) is 12.6 Å². The Kier molecular flexibility index (Phi) is 6.82. The Balaban J connectivity index is 1.95. The topological polar surface area (TPSA) is 104 Å². The van der Waals surface area contributed by atoms with Gasteiger partial charge < -0.3 is 4.74 Å². The Morgan fingerprint density at radius 3 is 2.73 bits per heavy atom. The number of guanidine groups is 1. The molecule has 0 unspecified atom stereocenters. The van der Waals surface area contributed by atoms with Gasteiger partial charge in [-0.2, -0.15) is 5.10 Å². The number of ether oxygens (including phenoxy) is 1. The number of hydrazone groups is 1. The molecule has 2 aromatic carbocycles. The standard InChI is InChI=1S/C22H26N6O2/c1-15-12-16(2)20-18(13-15)19(25-21(26-23)27-24-3)10-7-11-28(20)22(29)30-14-17-8-5-4-6-9-17/h4-6,8-10,12-13H,3,7,11,14,23H2,1-2H3,(H2,25,26,27). The van der Waals surface area contributed by atoms with Gasteiger partial charge in [0.15, 0.2) is 0 Å². The van der Waals surface area contributed by atoms with Gasteiger partial charge in [0, 0.05) is 18.8 Å². The largest absolute Gasteiger partial charge is 0.444 e. The molecule has 0 atom stereocenters. The van der Waals surface area contributed by atoms with E-state index >= 15 is 0 Å². The molecule has 0 radical (unpaired) electrons. The van der Waals surface area contributed by atoms with Crippen LogP contribution in [0.25, 0.3) is 5.70 Å². The Labute approximate surface area is 176 Å². The van der Waals surface area contributed by atoms with Crippen LogP contribution in [0.1, 0.15) is 28.7 Å². The highest BCUT2D eigenvalue weighted by Crippen LogP contribution is 2.36. The van der Waals surface area contributed by atoms with Crippen LogP contribution in [-0.4, -0.2) is 25.3 Å². The van der Waals surface area contributed by atoms with Gasteiger partial charge in [-0.3, -0.25) is 10.3 Å². The minimum atomic E-state index is -0.395. The minimum absolute atomic E-state index is 0.213. The predicted molar refractivity (Wildman–Crippen MR) is 120 cm³/mol. The number of nitrogens with one attached hydrogen (secondary N) is 2. The Morgan fingerprint density at radius 2 is 2.03 bits per heavy atom. The third-order valence-corrected chi connectivity index (χ3v) is 4.66. The molecule has 1 aliphatic heterocycles. The molecule has 30 heavy (non-hydrogen) atoms. The maximum Gasteiger partial charge on any atom is 0.414 e. The highest BCUT2D eigenvalue weighted by molar-refractivity contribution is 5.96. The van der Waals surface area contributed by atoms with Crippen LogP contribution in [0.15, 0.2) is 58.6 Å². The number of fused-ring (bicyclic) bond motifs is 1. The molecule has 0 aliphatic carbocycles. The number of amides is 1. The van der Waals surface area contributed by atoms with Crippen molar-refractivity contribution in [3.8, 4) is 0 Å². The van der Waals surface area contributed by atoms with Gasteiger partial charge >= 0.3 is 6.09 Å². The number of benzene rings is 2. The average molecular weight is 406 g/mol. The van der Waals surface area contributed by atoms with Crippen molar-refractivity contribution in [2.75, 3.05) is 11.4 Å². The molecule has 156 valence electrons. The SMILES string of the molecule is C=NNC(=NC1=CCCN(C(=O)OCc2ccccc2)c2c(C)cc(C)cc21)NN. The summed E-state index contributed by atoms with van der Waals surface area (Å²) in [7, 11) is 0. The lowest BCUT2D eigenvalue weighted by Gasteiger charge is -2.25. The molecule has 0 saturated carbocycles. The van der Waals surface area contributed by atoms with Crippen molar-refractivity contribution >= 4 is 30.2 Å². The highest BCUT2D eigenvalue weighted by atomic mass is 16.6. The molecule has 0 spiro atoms. The van der Waals surface area contributed by atoms with Crippen LogP contribution in [-0.2, 0) is 11.3 Å². The molecule has 1 amide bonds. The van der Waals surface area contributed by atoms with E-state index in [1.54, 1.807) is 4.90 Å². The third-order valence-electron chi connectivity index (χ3n) is 4.66. The van der Waals surface area contributed by atoms with Crippen LogP contribution in [0.2, 0.25) is 0 Å². The van der Waals surface area contributed by atoms with Crippen LogP contribution in [0.3, 0.4) is 0 Å². The lowest BCUT2D eigenvalue weighted by molar-refractivity contribution is 0.147. The van der Waals surface area contributed by atoms with Crippen LogP contribution in [0.5, 0.6) is 0 Å². The van der Waals surface area contributed by atoms with Crippen molar-refractivity contribution < 1.29 is 9.53 Å². The van der Waals surface area contributed by atoms with Crippen molar-refractivity contribution in [3.05, 3.63) is 70.8 Å². The summed E-state index contributed by atoms with van der Waals surface area (Å²) < 4.78 is 5.60. The number of rotatable bonds is 4. The van der Waals surface area contributed by atoms with E-state index in [4.69, 9.17) is 10.6 Å². The molecule has 1 aliphatic rings. The molecular formula is C22H26N6O2. The predicted octanol–water partition coefficient (Wildman–Crippen LogP) is 3.22. The number of aryl methyl sites for hydroxylation is 2. The van der Waals surface area contributed by atoms with Crippen LogP contribution >= 0.6 is 0 Å². The average Bonchev–Trinajstić information content (AvgIpc) is 2.92. The molecule has 0 saturated heterocycles. The first-order valence-electron chi connectivity index (χ1n) is 9.60. The summed E-state index contributed by atoms with van der Waals surface area (Å²) in [6.07, 6.45) is 2.17. The van der Waals surface area contributed by atoms with Crippen molar-refractivity contribution in [2.45, 2.75) is 26.9 Å². The molecule has 1 heterocycles. The van der Waals surface area contributed by atoms with E-state index in [0.717, 1.165) is 27.9 Å². The van der Waals surface area contributed by atoms with Crippen molar-refractivity contribution in [2.24, 2.45) is 15.9 Å². The van der Waals surface area contributed by atoms with Gasteiger partial charge in [0.1, 0.15) is 6.61 Å². The summed E-state index contributed by atoms with van der Waals surface area (Å²) in [4.78, 5) is 19.2. The number of hydrogen-bond acceptors (Lipinski definition) is 5. The zero-order valence-corrected chi connectivity index (χ0v) is 17.2. The van der Waals surface area contributed by atoms with E-state index in [1.807, 2.05) is 62.4 Å².